The van der Waals surface area contributed by atoms with E-state index in [-0.39, 0.29) is 0 Å². The number of hydrogen-bond acceptors (Lipinski definition) is 0. The van der Waals surface area contributed by atoms with Crippen LogP contribution in [0.25, 0.3) is 6.08 Å². The summed E-state index contributed by atoms with van der Waals surface area (Å²) in [6, 6.07) is 43.1. The van der Waals surface area contributed by atoms with Gasteiger partial charge >= 0.3 is 0 Å². The average molecular weight is 351 g/mol. The molecule has 0 fully saturated rings. The molecule has 0 nitrogen and oxygen atoms in total. The fraction of sp³-hybridized carbons (Fsp3) is 0.0370. The first-order chi connectivity index (χ1) is 13.4. The van der Waals surface area contributed by atoms with E-state index in [0.717, 1.165) is 6.42 Å². The molecule has 0 radical (unpaired) electrons. The highest BCUT2D eigenvalue weighted by atomic mass is 14.0. The van der Waals surface area contributed by atoms with Gasteiger partial charge in [0.1, 0.15) is 0 Å². The largest absolute Gasteiger partial charge is 0.0985 e. The summed E-state index contributed by atoms with van der Waals surface area (Å²) < 4.78 is 0. The minimum Gasteiger partial charge on any atom is -0.0985 e. The van der Waals surface area contributed by atoms with Crippen LogP contribution in [0.15, 0.2) is 134 Å². The van der Waals surface area contributed by atoms with Crippen LogP contribution in [0.5, 0.6) is 0 Å². The van der Waals surface area contributed by atoms with Crippen molar-refractivity contribution in [2.75, 3.05) is 0 Å². The second kappa shape index (κ2) is 12.9. The third kappa shape index (κ3) is 9.04. The average Bonchev–Trinajstić information content (AvgIpc) is 2.78. The van der Waals surface area contributed by atoms with E-state index >= 15 is 0 Å². The van der Waals surface area contributed by atoms with Crippen LogP contribution in [0.2, 0.25) is 0 Å². The first-order valence-electron chi connectivity index (χ1n) is 9.14. The molecule has 0 aromatic heterocycles. The molecule has 4 aromatic rings. The Morgan fingerprint density at radius 2 is 0.741 bits per heavy atom. The molecule has 0 heteroatoms. The summed E-state index contributed by atoms with van der Waals surface area (Å²) in [6.07, 6.45) is 2.86. The molecule has 0 aliphatic rings. The van der Waals surface area contributed by atoms with Crippen LogP contribution in [-0.4, -0.2) is 0 Å². The van der Waals surface area contributed by atoms with Crippen molar-refractivity contribution in [1.82, 2.24) is 0 Å². The molecule has 0 bridgehead atoms. The summed E-state index contributed by atoms with van der Waals surface area (Å²) in [5.41, 5.74) is 3.91. The summed E-state index contributed by atoms with van der Waals surface area (Å²) in [5.74, 6) is 0. The van der Waals surface area contributed by atoms with E-state index in [1.807, 2.05) is 72.8 Å². The first-order valence-corrected chi connectivity index (χ1v) is 9.14. The molecule has 0 saturated heterocycles. The van der Waals surface area contributed by atoms with Crippen LogP contribution in [0, 0.1) is 0 Å². The Balaban J connectivity index is 0.000000159. The fourth-order valence-electron chi connectivity index (χ4n) is 2.40. The quantitative estimate of drug-likeness (QED) is 0.364. The summed E-state index contributed by atoms with van der Waals surface area (Å²) in [6.45, 7) is 3.63. The summed E-state index contributed by atoms with van der Waals surface area (Å²) in [4.78, 5) is 0. The Morgan fingerprint density at radius 3 is 1.04 bits per heavy atom. The normalized spacial score (nSPS) is 9.04. The van der Waals surface area contributed by atoms with E-state index in [9.17, 15) is 0 Å². The maximum atomic E-state index is 3.63. The van der Waals surface area contributed by atoms with Crippen LogP contribution in [-0.2, 0) is 6.42 Å². The highest BCUT2D eigenvalue weighted by Gasteiger charge is 1.92. The standard InChI is InChI=1S/C13H12.C8H8.C6H6/c1-3-7-12(8-4-1)11-13-9-5-2-6-10-13;1-2-8-6-4-3-5-7-8;1-2-4-6-5-3-1/h1-10H,11H2;2-7H,1H2;1-6H. The van der Waals surface area contributed by atoms with E-state index < -0.39 is 0 Å². The molecule has 4 rings (SSSR count). The SMILES string of the molecule is C=Cc1ccccc1.c1ccc(Cc2ccccc2)cc1.c1ccccc1. The molecule has 4 aromatic carbocycles. The van der Waals surface area contributed by atoms with Gasteiger partial charge in [0.25, 0.3) is 0 Å². The van der Waals surface area contributed by atoms with Gasteiger partial charge in [0.05, 0.1) is 0 Å². The maximum Gasteiger partial charge on any atom is -0.00258 e. The van der Waals surface area contributed by atoms with Crippen molar-refractivity contribution < 1.29 is 0 Å². The molecule has 0 N–H and O–H groups in total. The lowest BCUT2D eigenvalue weighted by atomic mass is 10.1. The summed E-state index contributed by atoms with van der Waals surface area (Å²) in [7, 11) is 0. The third-order valence-electron chi connectivity index (χ3n) is 3.80. The zero-order valence-corrected chi connectivity index (χ0v) is 15.6. The fourth-order valence-corrected chi connectivity index (χ4v) is 2.40. The molecule has 0 atom stereocenters. The minimum absolute atomic E-state index is 1.03. The molecule has 0 aliphatic heterocycles. The van der Waals surface area contributed by atoms with Gasteiger partial charge in [0.2, 0.25) is 0 Å². The van der Waals surface area contributed by atoms with E-state index in [2.05, 4.69) is 67.2 Å². The smallest absolute Gasteiger partial charge is 0.00258 e. The topological polar surface area (TPSA) is 0 Å². The Bertz CT molecular complexity index is 771. The monoisotopic (exact) mass is 350 g/mol. The maximum absolute atomic E-state index is 3.63. The molecule has 0 spiro atoms. The van der Waals surface area contributed by atoms with Gasteiger partial charge in [-0.3, -0.25) is 0 Å². The Morgan fingerprint density at radius 1 is 0.444 bits per heavy atom. The lowest BCUT2D eigenvalue weighted by molar-refractivity contribution is 1.19. The van der Waals surface area contributed by atoms with E-state index in [0.29, 0.717) is 0 Å². The molecular formula is C27H26. The summed E-state index contributed by atoms with van der Waals surface area (Å²) in [5, 5.41) is 0. The molecule has 27 heavy (non-hydrogen) atoms. The van der Waals surface area contributed by atoms with Gasteiger partial charge in [-0.25, -0.2) is 0 Å². The highest BCUT2D eigenvalue weighted by molar-refractivity contribution is 5.45. The molecular weight excluding hydrogens is 324 g/mol. The van der Waals surface area contributed by atoms with Crippen molar-refractivity contribution in [3.05, 3.63) is 151 Å². The number of benzene rings is 4. The molecule has 0 heterocycles. The lowest BCUT2D eigenvalue weighted by Gasteiger charge is -2.00. The Kier molecular flexibility index (Phi) is 9.53. The van der Waals surface area contributed by atoms with E-state index in [1.54, 1.807) is 0 Å². The van der Waals surface area contributed by atoms with Crippen molar-refractivity contribution in [3.63, 3.8) is 0 Å². The van der Waals surface area contributed by atoms with Crippen molar-refractivity contribution in [2.24, 2.45) is 0 Å². The second-order valence-electron chi connectivity index (χ2n) is 5.92. The van der Waals surface area contributed by atoms with E-state index in [4.69, 9.17) is 0 Å². The van der Waals surface area contributed by atoms with Crippen LogP contribution in [0.4, 0.5) is 0 Å². The van der Waals surface area contributed by atoms with Gasteiger partial charge in [0.15, 0.2) is 0 Å². The van der Waals surface area contributed by atoms with Crippen LogP contribution >= 0.6 is 0 Å². The van der Waals surface area contributed by atoms with Gasteiger partial charge in [-0.05, 0) is 23.1 Å². The van der Waals surface area contributed by atoms with Crippen LogP contribution in [0.1, 0.15) is 16.7 Å². The van der Waals surface area contributed by atoms with Gasteiger partial charge in [-0.2, -0.15) is 0 Å². The van der Waals surface area contributed by atoms with Gasteiger partial charge < -0.3 is 0 Å². The molecule has 134 valence electrons. The van der Waals surface area contributed by atoms with Crippen molar-refractivity contribution in [1.29, 1.82) is 0 Å². The summed E-state index contributed by atoms with van der Waals surface area (Å²) >= 11 is 0. The third-order valence-corrected chi connectivity index (χ3v) is 3.80. The Labute approximate surface area is 163 Å². The van der Waals surface area contributed by atoms with Gasteiger partial charge in [0, 0.05) is 0 Å². The van der Waals surface area contributed by atoms with Crippen LogP contribution in [0.3, 0.4) is 0 Å². The predicted octanol–water partition coefficient (Wildman–Crippen LogP) is 7.29. The van der Waals surface area contributed by atoms with Crippen molar-refractivity contribution in [3.8, 4) is 0 Å². The predicted molar refractivity (Wildman–Crippen MR) is 119 cm³/mol. The first kappa shape index (κ1) is 19.9. The Hall–Kier alpha value is -3.38. The lowest BCUT2D eigenvalue weighted by Crippen LogP contribution is -1.85. The molecule has 0 unspecified atom stereocenters. The zero-order chi connectivity index (χ0) is 19.0. The van der Waals surface area contributed by atoms with Gasteiger partial charge in [-0.15, -0.1) is 0 Å². The highest BCUT2D eigenvalue weighted by Crippen LogP contribution is 2.07. The second-order valence-corrected chi connectivity index (χ2v) is 5.92. The van der Waals surface area contributed by atoms with Gasteiger partial charge in [-0.1, -0.05) is 140 Å². The number of hydrogen-bond donors (Lipinski definition) is 0. The number of rotatable bonds is 3. The molecule has 0 saturated carbocycles. The molecule has 0 amide bonds. The van der Waals surface area contributed by atoms with Crippen molar-refractivity contribution in [2.45, 2.75) is 6.42 Å². The van der Waals surface area contributed by atoms with E-state index in [1.165, 1.54) is 16.7 Å². The molecule has 0 aliphatic carbocycles. The van der Waals surface area contributed by atoms with Crippen molar-refractivity contribution >= 4 is 6.08 Å². The van der Waals surface area contributed by atoms with Crippen LogP contribution < -0.4 is 0 Å². The minimum atomic E-state index is 1.03. The zero-order valence-electron chi connectivity index (χ0n) is 15.6.